The Hall–Kier alpha value is -0.320. The van der Waals surface area contributed by atoms with E-state index in [2.05, 4.69) is 22.6 Å². The Balaban J connectivity index is 3.07. The molecule has 0 radical (unpaired) electrons. The average Bonchev–Trinajstić information content (AvgIpc) is 2.20. The molecule has 1 rings (SSSR count). The molecule has 0 N–H and O–H groups in total. The summed E-state index contributed by atoms with van der Waals surface area (Å²) in [7, 11) is 0. The Labute approximate surface area is 97.8 Å². The second-order valence-corrected chi connectivity index (χ2v) is 4.31. The average molecular weight is 308 g/mol. The summed E-state index contributed by atoms with van der Waals surface area (Å²) in [6.45, 7) is 4.08. The van der Waals surface area contributed by atoms with Crippen LogP contribution in [-0.2, 0) is 0 Å². The van der Waals surface area contributed by atoms with Crippen molar-refractivity contribution in [3.05, 3.63) is 27.3 Å². The maximum absolute atomic E-state index is 12.6. The van der Waals surface area contributed by atoms with Crippen LogP contribution in [0.2, 0.25) is 0 Å². The lowest BCUT2D eigenvalue weighted by atomic mass is 10.0. The van der Waals surface area contributed by atoms with E-state index in [1.165, 1.54) is 0 Å². The smallest absolute Gasteiger partial charge is 0.136 e. The quantitative estimate of drug-likeness (QED) is 0.770. The Morgan fingerprint density at radius 3 is 2.79 bits per heavy atom. The van der Waals surface area contributed by atoms with E-state index in [1.54, 1.807) is 0 Å². The van der Waals surface area contributed by atoms with Gasteiger partial charge in [-0.2, -0.15) is 0 Å². The normalized spacial score (nSPS) is 12.6. The van der Waals surface area contributed by atoms with Gasteiger partial charge in [0.1, 0.15) is 5.75 Å². The molecule has 1 unspecified atom stereocenters. The summed E-state index contributed by atoms with van der Waals surface area (Å²) in [4.78, 5) is 0. The summed E-state index contributed by atoms with van der Waals surface area (Å²) in [6, 6.07) is 5.84. The van der Waals surface area contributed by atoms with E-state index in [0.29, 0.717) is 6.61 Å². The zero-order valence-corrected chi connectivity index (χ0v) is 10.5. The van der Waals surface area contributed by atoms with Crippen molar-refractivity contribution in [1.82, 2.24) is 0 Å². The molecule has 0 aliphatic carbocycles. The van der Waals surface area contributed by atoms with E-state index in [1.807, 2.05) is 32.0 Å². The molecule has 0 aromatic heterocycles. The highest BCUT2D eigenvalue weighted by atomic mass is 127. The van der Waals surface area contributed by atoms with Gasteiger partial charge in [0, 0.05) is 11.5 Å². The number of rotatable bonds is 4. The summed E-state index contributed by atoms with van der Waals surface area (Å²) in [5, 5.41) is 0. The molecule has 0 saturated heterocycles. The zero-order valence-electron chi connectivity index (χ0n) is 8.39. The zero-order chi connectivity index (χ0) is 10.6. The van der Waals surface area contributed by atoms with Gasteiger partial charge in [-0.05, 0) is 35.6 Å². The predicted octanol–water partition coefficient (Wildman–Crippen LogP) is 3.76. The molecular weight excluding hydrogens is 294 g/mol. The van der Waals surface area contributed by atoms with E-state index in [4.69, 9.17) is 4.74 Å². The third-order valence-electron chi connectivity index (χ3n) is 2.05. The molecular formula is C11H14FIO. The minimum atomic E-state index is -0.347. The van der Waals surface area contributed by atoms with Crippen molar-refractivity contribution in [3.8, 4) is 5.75 Å². The van der Waals surface area contributed by atoms with Crippen molar-refractivity contribution in [3.63, 3.8) is 0 Å². The summed E-state index contributed by atoms with van der Waals surface area (Å²) >= 11 is 2.21. The second-order valence-electron chi connectivity index (χ2n) is 3.15. The van der Waals surface area contributed by atoms with Crippen molar-refractivity contribution in [1.29, 1.82) is 0 Å². The highest BCUT2D eigenvalue weighted by Crippen LogP contribution is 2.31. The molecule has 0 spiro atoms. The van der Waals surface area contributed by atoms with Crippen molar-refractivity contribution in [2.75, 3.05) is 13.3 Å². The maximum Gasteiger partial charge on any atom is 0.136 e. The lowest BCUT2D eigenvalue weighted by molar-refractivity contribution is 0.328. The topological polar surface area (TPSA) is 9.23 Å². The van der Waals surface area contributed by atoms with Crippen molar-refractivity contribution in [2.45, 2.75) is 19.8 Å². The fourth-order valence-electron chi connectivity index (χ4n) is 1.29. The molecule has 78 valence electrons. The van der Waals surface area contributed by atoms with Gasteiger partial charge in [0.05, 0.1) is 16.9 Å². The van der Waals surface area contributed by atoms with Crippen LogP contribution in [0.1, 0.15) is 25.3 Å². The molecule has 14 heavy (non-hydrogen) atoms. The van der Waals surface area contributed by atoms with Crippen LogP contribution in [0.4, 0.5) is 4.39 Å². The first-order valence-corrected chi connectivity index (χ1v) is 5.75. The van der Waals surface area contributed by atoms with E-state index >= 15 is 0 Å². The first-order chi connectivity index (χ1) is 6.70. The molecule has 1 atom stereocenters. The molecule has 0 bridgehead atoms. The Morgan fingerprint density at radius 2 is 2.21 bits per heavy atom. The number of hydrogen-bond donors (Lipinski definition) is 0. The van der Waals surface area contributed by atoms with E-state index < -0.39 is 0 Å². The number of benzene rings is 1. The van der Waals surface area contributed by atoms with Crippen LogP contribution in [0, 0.1) is 3.57 Å². The molecule has 0 amide bonds. The monoisotopic (exact) mass is 308 g/mol. The molecule has 0 fully saturated rings. The van der Waals surface area contributed by atoms with Crippen LogP contribution in [-0.4, -0.2) is 13.3 Å². The first kappa shape index (κ1) is 11.8. The molecule has 0 saturated carbocycles. The summed E-state index contributed by atoms with van der Waals surface area (Å²) in [5.41, 5.74) is 0.959. The minimum absolute atomic E-state index is 0.0914. The molecule has 0 aliphatic heterocycles. The van der Waals surface area contributed by atoms with Gasteiger partial charge in [-0.15, -0.1) is 0 Å². The highest BCUT2D eigenvalue weighted by molar-refractivity contribution is 14.1. The summed E-state index contributed by atoms with van der Waals surface area (Å²) < 4.78 is 19.1. The standard InChI is InChI=1S/C11H14FIO/c1-3-14-11-9(8(2)7-12)5-4-6-10(11)13/h4-6,8H,3,7H2,1-2H3. The number of para-hydroxylation sites is 1. The molecule has 3 heteroatoms. The Kier molecular flexibility index (Phi) is 4.65. The van der Waals surface area contributed by atoms with Crippen LogP contribution < -0.4 is 4.74 Å². The van der Waals surface area contributed by atoms with Crippen molar-refractivity contribution >= 4 is 22.6 Å². The van der Waals surface area contributed by atoms with Crippen molar-refractivity contribution < 1.29 is 9.13 Å². The van der Waals surface area contributed by atoms with E-state index in [9.17, 15) is 4.39 Å². The maximum atomic E-state index is 12.6. The van der Waals surface area contributed by atoms with Crippen LogP contribution in [0.15, 0.2) is 18.2 Å². The van der Waals surface area contributed by atoms with E-state index in [-0.39, 0.29) is 12.6 Å². The first-order valence-electron chi connectivity index (χ1n) is 4.67. The van der Waals surface area contributed by atoms with Gasteiger partial charge in [-0.25, -0.2) is 0 Å². The lowest BCUT2D eigenvalue weighted by Gasteiger charge is -2.15. The van der Waals surface area contributed by atoms with Gasteiger partial charge < -0.3 is 4.74 Å². The molecule has 1 nitrogen and oxygen atoms in total. The van der Waals surface area contributed by atoms with Gasteiger partial charge in [0.25, 0.3) is 0 Å². The Bertz CT molecular complexity index is 301. The fraction of sp³-hybridized carbons (Fsp3) is 0.455. The number of hydrogen-bond acceptors (Lipinski definition) is 1. The molecule has 1 aromatic rings. The minimum Gasteiger partial charge on any atom is -0.492 e. The van der Waals surface area contributed by atoms with Gasteiger partial charge in [-0.1, -0.05) is 19.1 Å². The third kappa shape index (κ3) is 2.59. The third-order valence-corrected chi connectivity index (χ3v) is 2.90. The van der Waals surface area contributed by atoms with Crippen LogP contribution in [0.5, 0.6) is 5.75 Å². The number of ether oxygens (including phenoxy) is 1. The summed E-state index contributed by atoms with van der Waals surface area (Å²) in [5.74, 6) is 0.743. The van der Waals surface area contributed by atoms with Gasteiger partial charge in [0.2, 0.25) is 0 Å². The van der Waals surface area contributed by atoms with Gasteiger partial charge in [-0.3, -0.25) is 4.39 Å². The predicted molar refractivity (Wildman–Crippen MR) is 64.7 cm³/mol. The molecule has 1 aromatic carbocycles. The Morgan fingerprint density at radius 1 is 1.50 bits per heavy atom. The van der Waals surface area contributed by atoms with Crippen molar-refractivity contribution in [2.24, 2.45) is 0 Å². The SMILES string of the molecule is CCOc1c(I)cccc1C(C)CF. The highest BCUT2D eigenvalue weighted by Gasteiger charge is 2.13. The van der Waals surface area contributed by atoms with Crippen LogP contribution >= 0.6 is 22.6 Å². The summed E-state index contributed by atoms with van der Waals surface area (Å²) in [6.07, 6.45) is 0. The largest absolute Gasteiger partial charge is 0.492 e. The van der Waals surface area contributed by atoms with Crippen LogP contribution in [0.25, 0.3) is 0 Å². The van der Waals surface area contributed by atoms with Gasteiger partial charge in [0.15, 0.2) is 0 Å². The number of alkyl halides is 1. The second kappa shape index (κ2) is 5.53. The van der Waals surface area contributed by atoms with Gasteiger partial charge >= 0.3 is 0 Å². The van der Waals surface area contributed by atoms with Crippen LogP contribution in [0.3, 0.4) is 0 Å². The van der Waals surface area contributed by atoms with E-state index in [0.717, 1.165) is 14.9 Å². The molecule has 0 heterocycles. The number of halogens is 2. The fourth-order valence-corrected chi connectivity index (χ4v) is 1.97. The molecule has 0 aliphatic rings. The lowest BCUT2D eigenvalue weighted by Crippen LogP contribution is -2.03.